The summed E-state index contributed by atoms with van der Waals surface area (Å²) in [6, 6.07) is 2.10. The lowest BCUT2D eigenvalue weighted by Gasteiger charge is -2.16. The molecular weight excluding hydrogens is 310 g/mol. The van der Waals surface area contributed by atoms with Gasteiger partial charge in [-0.3, -0.25) is 4.98 Å². The van der Waals surface area contributed by atoms with E-state index >= 15 is 0 Å². The van der Waals surface area contributed by atoms with Crippen molar-refractivity contribution in [1.82, 2.24) is 9.97 Å². The van der Waals surface area contributed by atoms with Gasteiger partial charge in [-0.25, -0.2) is 4.98 Å². The number of halogens is 2. The summed E-state index contributed by atoms with van der Waals surface area (Å²) < 4.78 is 1.11. The molecule has 0 aliphatic rings. The van der Waals surface area contributed by atoms with Crippen molar-refractivity contribution in [2.45, 2.75) is 6.54 Å². The van der Waals surface area contributed by atoms with E-state index in [9.17, 15) is 0 Å². The smallest absolute Gasteiger partial charge is 0.149 e. The van der Waals surface area contributed by atoms with Gasteiger partial charge in [-0.2, -0.15) is 0 Å². The number of anilines is 1. The van der Waals surface area contributed by atoms with E-state index in [0.29, 0.717) is 5.15 Å². The minimum Gasteiger partial charge on any atom is -0.353 e. The summed E-state index contributed by atoms with van der Waals surface area (Å²) >= 11 is 10.9. The van der Waals surface area contributed by atoms with Crippen LogP contribution in [0.4, 0.5) is 5.82 Å². The lowest BCUT2D eigenvalue weighted by Crippen LogP contribution is -2.17. The largest absolute Gasteiger partial charge is 0.353 e. The highest BCUT2D eigenvalue weighted by molar-refractivity contribution is 9.10. The minimum atomic E-state index is 0.414. The molecule has 16 heavy (non-hydrogen) atoms. The van der Waals surface area contributed by atoms with E-state index in [1.54, 1.807) is 17.5 Å². The average Bonchev–Trinajstić information content (AvgIpc) is 2.64. The van der Waals surface area contributed by atoms with Crippen molar-refractivity contribution in [2.24, 2.45) is 0 Å². The lowest BCUT2D eigenvalue weighted by molar-refractivity contribution is 0.903. The molecule has 0 radical (unpaired) electrons. The monoisotopic (exact) mass is 317 g/mol. The Hall–Kier alpha value is -0.650. The second kappa shape index (κ2) is 5.12. The molecule has 0 amide bonds. The van der Waals surface area contributed by atoms with Crippen molar-refractivity contribution >= 4 is 44.7 Å². The molecule has 0 saturated carbocycles. The van der Waals surface area contributed by atoms with Crippen LogP contribution in [0.25, 0.3) is 0 Å². The Balaban J connectivity index is 2.11. The zero-order valence-corrected chi connectivity index (χ0v) is 11.7. The Kier molecular flexibility index (Phi) is 3.78. The number of thiophene rings is 1. The van der Waals surface area contributed by atoms with E-state index < -0.39 is 0 Å². The van der Waals surface area contributed by atoms with Gasteiger partial charge in [-0.1, -0.05) is 11.6 Å². The Labute approximate surface area is 111 Å². The molecule has 0 aliphatic heterocycles. The molecule has 3 nitrogen and oxygen atoms in total. The molecule has 0 N–H and O–H groups in total. The summed E-state index contributed by atoms with van der Waals surface area (Å²) in [7, 11) is 1.97. The normalized spacial score (nSPS) is 10.4. The zero-order valence-electron chi connectivity index (χ0n) is 8.52. The van der Waals surface area contributed by atoms with Gasteiger partial charge in [0.25, 0.3) is 0 Å². The van der Waals surface area contributed by atoms with E-state index in [2.05, 4.69) is 37.3 Å². The van der Waals surface area contributed by atoms with Gasteiger partial charge in [0.1, 0.15) is 11.0 Å². The van der Waals surface area contributed by atoms with Gasteiger partial charge in [0.15, 0.2) is 0 Å². The molecule has 0 unspecified atom stereocenters. The van der Waals surface area contributed by atoms with Crippen LogP contribution < -0.4 is 4.90 Å². The van der Waals surface area contributed by atoms with Crippen LogP contribution in [0.3, 0.4) is 0 Å². The summed E-state index contributed by atoms with van der Waals surface area (Å²) in [5.41, 5.74) is 0. The Morgan fingerprint density at radius 1 is 1.50 bits per heavy atom. The van der Waals surface area contributed by atoms with Crippen molar-refractivity contribution in [2.75, 3.05) is 11.9 Å². The van der Waals surface area contributed by atoms with Gasteiger partial charge in [-0.15, -0.1) is 11.3 Å². The predicted molar refractivity (Wildman–Crippen MR) is 71.2 cm³/mol. The molecule has 0 aromatic carbocycles. The van der Waals surface area contributed by atoms with Gasteiger partial charge in [0.05, 0.1) is 18.9 Å². The number of aromatic nitrogens is 2. The fourth-order valence-corrected chi connectivity index (χ4v) is 2.91. The van der Waals surface area contributed by atoms with Crippen molar-refractivity contribution in [1.29, 1.82) is 0 Å². The second-order valence-electron chi connectivity index (χ2n) is 3.29. The molecule has 0 atom stereocenters. The standard InChI is InChI=1S/C10H9BrClN3S/c1-15(5-8-2-7(11)6-16-8)10-4-13-3-9(12)14-10/h2-4,6H,5H2,1H3. The second-order valence-corrected chi connectivity index (χ2v) is 5.59. The molecule has 0 aliphatic carbocycles. The maximum atomic E-state index is 5.79. The van der Waals surface area contributed by atoms with Crippen molar-refractivity contribution < 1.29 is 0 Å². The average molecular weight is 319 g/mol. The highest BCUT2D eigenvalue weighted by Gasteiger charge is 2.06. The number of rotatable bonds is 3. The van der Waals surface area contributed by atoms with E-state index in [1.807, 2.05) is 11.9 Å². The van der Waals surface area contributed by atoms with Crippen LogP contribution in [0.2, 0.25) is 5.15 Å². The van der Waals surface area contributed by atoms with Crippen LogP contribution in [-0.2, 0) is 6.54 Å². The van der Waals surface area contributed by atoms with Crippen molar-refractivity contribution in [3.8, 4) is 0 Å². The first-order valence-electron chi connectivity index (χ1n) is 4.57. The van der Waals surface area contributed by atoms with E-state index in [1.165, 1.54) is 11.1 Å². The molecule has 0 saturated heterocycles. The quantitative estimate of drug-likeness (QED) is 0.866. The molecule has 2 heterocycles. The molecule has 2 aromatic rings. The van der Waals surface area contributed by atoms with Crippen molar-refractivity contribution in [3.63, 3.8) is 0 Å². The lowest BCUT2D eigenvalue weighted by atomic mass is 10.4. The van der Waals surface area contributed by atoms with Crippen LogP contribution >= 0.6 is 38.9 Å². The minimum absolute atomic E-state index is 0.414. The molecular formula is C10H9BrClN3S. The van der Waals surface area contributed by atoms with E-state index in [0.717, 1.165) is 16.8 Å². The Morgan fingerprint density at radius 3 is 2.94 bits per heavy atom. The summed E-state index contributed by atoms with van der Waals surface area (Å²) in [5.74, 6) is 0.775. The third kappa shape index (κ3) is 2.93. The molecule has 6 heteroatoms. The summed E-state index contributed by atoms with van der Waals surface area (Å²) in [6.45, 7) is 0.797. The summed E-state index contributed by atoms with van der Waals surface area (Å²) in [5, 5.41) is 2.48. The van der Waals surface area contributed by atoms with Gasteiger partial charge < -0.3 is 4.90 Å². The first-order chi connectivity index (χ1) is 7.65. The SMILES string of the molecule is CN(Cc1cc(Br)cs1)c1cncc(Cl)n1. The maximum absolute atomic E-state index is 5.79. The van der Waals surface area contributed by atoms with Gasteiger partial charge in [0.2, 0.25) is 0 Å². The number of hydrogen-bond donors (Lipinski definition) is 0. The van der Waals surface area contributed by atoms with Crippen LogP contribution in [0.15, 0.2) is 28.3 Å². The molecule has 0 bridgehead atoms. The summed E-state index contributed by atoms with van der Waals surface area (Å²) in [6.07, 6.45) is 3.23. The molecule has 2 aromatic heterocycles. The Morgan fingerprint density at radius 2 is 2.31 bits per heavy atom. The predicted octanol–water partition coefficient (Wildman–Crippen LogP) is 3.59. The third-order valence-corrected chi connectivity index (χ3v) is 3.86. The van der Waals surface area contributed by atoms with Crippen LogP contribution in [0.1, 0.15) is 4.88 Å². The van der Waals surface area contributed by atoms with Crippen LogP contribution in [0, 0.1) is 0 Å². The van der Waals surface area contributed by atoms with Gasteiger partial charge >= 0.3 is 0 Å². The van der Waals surface area contributed by atoms with Gasteiger partial charge in [-0.05, 0) is 22.0 Å². The van der Waals surface area contributed by atoms with Crippen molar-refractivity contribution in [3.05, 3.63) is 38.3 Å². The summed E-state index contributed by atoms with van der Waals surface area (Å²) in [4.78, 5) is 11.5. The highest BCUT2D eigenvalue weighted by Crippen LogP contribution is 2.22. The molecule has 0 spiro atoms. The molecule has 0 fully saturated rings. The van der Waals surface area contributed by atoms with Gasteiger partial charge in [0, 0.05) is 21.8 Å². The Bertz CT molecular complexity index is 488. The zero-order chi connectivity index (χ0) is 11.5. The first-order valence-corrected chi connectivity index (χ1v) is 6.62. The number of hydrogen-bond acceptors (Lipinski definition) is 4. The number of nitrogens with zero attached hydrogens (tertiary/aromatic N) is 3. The van der Waals surface area contributed by atoms with Crippen LogP contribution in [-0.4, -0.2) is 17.0 Å². The van der Waals surface area contributed by atoms with Crippen LogP contribution in [0.5, 0.6) is 0 Å². The third-order valence-electron chi connectivity index (χ3n) is 2.00. The molecule has 2 rings (SSSR count). The van der Waals surface area contributed by atoms with E-state index in [-0.39, 0.29) is 0 Å². The fourth-order valence-electron chi connectivity index (χ4n) is 1.27. The maximum Gasteiger partial charge on any atom is 0.149 e. The first kappa shape index (κ1) is 11.8. The topological polar surface area (TPSA) is 29.0 Å². The highest BCUT2D eigenvalue weighted by atomic mass is 79.9. The fraction of sp³-hybridized carbons (Fsp3) is 0.200. The van der Waals surface area contributed by atoms with E-state index in [4.69, 9.17) is 11.6 Å². The molecule has 84 valence electrons.